The van der Waals surface area contributed by atoms with Gasteiger partial charge < -0.3 is 28.6 Å². The third kappa shape index (κ3) is 33.4. The Morgan fingerprint density at radius 3 is 1.27 bits per heavy atom. The van der Waals surface area contributed by atoms with Gasteiger partial charge in [0.05, 0.1) is 6.54 Å². The topological polar surface area (TPSA) is 248 Å². The summed E-state index contributed by atoms with van der Waals surface area (Å²) in [5.74, 6) is 2.10. The summed E-state index contributed by atoms with van der Waals surface area (Å²) in [4.78, 5) is 79.1. The van der Waals surface area contributed by atoms with Crippen LogP contribution in [0.2, 0.25) is 0 Å². The predicted molar refractivity (Wildman–Crippen MR) is 327 cm³/mol. The van der Waals surface area contributed by atoms with Crippen LogP contribution in [0, 0.1) is 17.8 Å². The number of nitrogens with zero attached hydrogens (tertiary/aromatic N) is 12. The normalized spacial score (nSPS) is 18.4. The van der Waals surface area contributed by atoms with Crippen molar-refractivity contribution in [1.29, 1.82) is 0 Å². The van der Waals surface area contributed by atoms with Gasteiger partial charge in [0.15, 0.2) is 0 Å². The number of esters is 5. The molecule has 0 heterocycles. The Labute approximate surface area is 496 Å². The lowest BCUT2D eigenvalue weighted by atomic mass is 9.93. The van der Waals surface area contributed by atoms with E-state index in [4.69, 9.17) is 41.2 Å². The number of rotatable bonds is 45. The van der Waals surface area contributed by atoms with E-state index >= 15 is 0 Å². The minimum Gasteiger partial charge on any atom is -0.464 e. The van der Waals surface area contributed by atoms with Crippen molar-refractivity contribution in [3.05, 3.63) is 46.2 Å². The summed E-state index contributed by atoms with van der Waals surface area (Å²) < 4.78 is 26.4. The van der Waals surface area contributed by atoms with Gasteiger partial charge in [-0.05, 0) is 118 Å². The first-order valence-electron chi connectivity index (χ1n) is 28.7. The van der Waals surface area contributed by atoms with Crippen molar-refractivity contribution in [1.82, 2.24) is 29.4 Å². The molecule has 2 rings (SSSR count). The van der Waals surface area contributed by atoms with Gasteiger partial charge in [-0.1, -0.05) is 67.8 Å². The van der Waals surface area contributed by atoms with Gasteiger partial charge in [-0.15, -0.1) is 19.6 Å². The number of unbranched alkanes of at least 4 members (excludes halogenated alkanes) is 6. The molecular weight excluding hydrogens is 1080 g/mol. The summed E-state index contributed by atoms with van der Waals surface area (Å²) in [7, 11) is 12.7. The molecule has 2 saturated carbocycles. The third-order valence-electron chi connectivity index (χ3n) is 13.9. The molecule has 0 bridgehead atoms. The SMILES string of the molecule is C#CCN(C)C1C(N(C)CC=C)C1N(C)CC=C.CCCCCC(=O)OCC(C)(COC(=O)CCCCN=[N+]=[N-])C(=O)OCCS.CCCCCC(=O)OCCN(C)C1C(N(C)CCCS)C1N(C)CCOC(=O)CCCCN=[N+]=[N-]. The van der Waals surface area contributed by atoms with Gasteiger partial charge in [0, 0.05) is 117 Å². The van der Waals surface area contributed by atoms with E-state index in [9.17, 15) is 24.0 Å². The molecule has 2 aliphatic rings. The van der Waals surface area contributed by atoms with Crippen molar-refractivity contribution >= 4 is 55.1 Å². The molecule has 0 aromatic heterocycles. The highest BCUT2D eigenvalue weighted by Gasteiger charge is 2.57. The van der Waals surface area contributed by atoms with Crippen LogP contribution < -0.4 is 0 Å². The first-order valence-corrected chi connectivity index (χ1v) is 30.0. The molecule has 24 heteroatoms. The number of carbonyl (C=O) groups excluding carboxylic acids is 5. The maximum Gasteiger partial charge on any atom is 0.318 e. The van der Waals surface area contributed by atoms with Crippen molar-refractivity contribution in [2.24, 2.45) is 15.6 Å². The number of hydrogen-bond donors (Lipinski definition) is 2. The van der Waals surface area contributed by atoms with Crippen LogP contribution in [0.25, 0.3) is 20.9 Å². The largest absolute Gasteiger partial charge is 0.464 e. The average Bonchev–Trinajstić information content (AvgIpc) is 4.43. The number of hydrogen-bond acceptors (Lipinski definition) is 20. The molecule has 0 amide bonds. The molecule has 2 fully saturated rings. The zero-order valence-corrected chi connectivity index (χ0v) is 52.5. The highest BCUT2D eigenvalue weighted by Crippen LogP contribution is 2.37. The number of terminal acetylenes is 1. The molecule has 6 unspecified atom stereocenters. The summed E-state index contributed by atoms with van der Waals surface area (Å²) in [6, 6.07) is 2.53. The average molecular weight is 1180 g/mol. The van der Waals surface area contributed by atoms with E-state index in [0.29, 0.717) is 126 Å². The summed E-state index contributed by atoms with van der Waals surface area (Å²) >= 11 is 8.34. The molecule has 81 heavy (non-hydrogen) atoms. The van der Waals surface area contributed by atoms with Crippen molar-refractivity contribution in [2.45, 2.75) is 153 Å². The fourth-order valence-electron chi connectivity index (χ4n) is 9.20. The number of carbonyl (C=O) groups is 5. The molecule has 0 spiro atoms. The molecule has 6 atom stereocenters. The highest BCUT2D eigenvalue weighted by atomic mass is 32.1. The lowest BCUT2D eigenvalue weighted by Gasteiger charge is -2.26. The molecule has 22 nitrogen and oxygen atoms in total. The summed E-state index contributed by atoms with van der Waals surface area (Å²) in [6.45, 7) is 19.2. The van der Waals surface area contributed by atoms with Gasteiger partial charge >= 0.3 is 29.8 Å². The monoisotopic (exact) mass is 1180 g/mol. The standard InChI is InChI=1S/C24H46N6O4S.C18H31N3O6S.C15H25N3/c1-5-6-7-11-20(31)33-17-15-29(3)23-22(28(2)14-10-19-35)24(23)30(4)16-18-34-21(32)12-8-9-13-26-27-25;1-3-4-5-8-15(22)26-13-18(2,17(24)25-11-12-28)14-27-16(23)9-6-7-10-20-21-19;1-7-10-16(4)13-14(17(5)11-8-2)15(13)18(6)12-9-3/h22-24,35H,5-19H2,1-4H3;28H,3-14H2,1-2H3;1,8-9,13-15H,2-3,10-12H2,4-6H3. The van der Waals surface area contributed by atoms with Gasteiger partial charge in [0.2, 0.25) is 0 Å². The first-order chi connectivity index (χ1) is 38.8. The third-order valence-corrected chi connectivity index (χ3v) is 14.4. The molecule has 0 aromatic carbocycles. The molecule has 0 aliphatic heterocycles. The molecular formula is C57H102N12O10S2. The minimum atomic E-state index is -1.29. The van der Waals surface area contributed by atoms with Crippen molar-refractivity contribution in [3.63, 3.8) is 0 Å². The molecule has 0 saturated heterocycles. The van der Waals surface area contributed by atoms with Crippen molar-refractivity contribution in [3.8, 4) is 12.3 Å². The fraction of sp³-hybridized carbons (Fsp3) is 0.807. The van der Waals surface area contributed by atoms with Crippen molar-refractivity contribution in [2.75, 3.05) is 139 Å². The zero-order valence-electron chi connectivity index (χ0n) is 50.7. The van der Waals surface area contributed by atoms with Crippen LogP contribution in [-0.4, -0.2) is 235 Å². The lowest BCUT2D eigenvalue weighted by molar-refractivity contribution is -0.169. The van der Waals surface area contributed by atoms with Gasteiger partial charge in [-0.2, -0.15) is 25.3 Å². The van der Waals surface area contributed by atoms with Crippen LogP contribution in [0.5, 0.6) is 0 Å². The van der Waals surface area contributed by atoms with E-state index < -0.39 is 23.3 Å². The maximum absolute atomic E-state index is 12.4. The first kappa shape index (κ1) is 76.5. The fourth-order valence-corrected chi connectivity index (χ4v) is 9.44. The summed E-state index contributed by atoms with van der Waals surface area (Å²) in [6.07, 6.45) is 19.6. The Hall–Kier alpha value is -4.53. The van der Waals surface area contributed by atoms with Gasteiger partial charge in [0.1, 0.15) is 38.4 Å². The number of ether oxygens (including phenoxy) is 5. The Morgan fingerprint density at radius 2 is 0.914 bits per heavy atom. The van der Waals surface area contributed by atoms with E-state index in [0.717, 1.165) is 70.3 Å². The van der Waals surface area contributed by atoms with Gasteiger partial charge in [0.25, 0.3) is 0 Å². The zero-order chi connectivity index (χ0) is 61.0. The molecule has 462 valence electrons. The molecule has 2 aliphatic carbocycles. The highest BCUT2D eigenvalue weighted by molar-refractivity contribution is 7.80. The Kier molecular flexibility index (Phi) is 44.3. The predicted octanol–water partition coefficient (Wildman–Crippen LogP) is 7.89. The smallest absolute Gasteiger partial charge is 0.318 e. The van der Waals surface area contributed by atoms with Crippen LogP contribution in [0.15, 0.2) is 35.5 Å². The Morgan fingerprint density at radius 1 is 0.543 bits per heavy atom. The quantitative estimate of drug-likeness (QED) is 0.00677. The minimum absolute atomic E-state index is 0.106. The van der Waals surface area contributed by atoms with Crippen LogP contribution in [0.3, 0.4) is 0 Å². The van der Waals surface area contributed by atoms with Crippen molar-refractivity contribution < 1.29 is 47.7 Å². The lowest BCUT2D eigenvalue weighted by Crippen LogP contribution is -2.40. The van der Waals surface area contributed by atoms with E-state index in [1.807, 2.05) is 19.1 Å². The second kappa shape index (κ2) is 46.9. The molecule has 0 radical (unpaired) electrons. The molecule has 0 N–H and O–H groups in total. The maximum atomic E-state index is 12.4. The van der Waals surface area contributed by atoms with Gasteiger partial charge in [-0.25, -0.2) is 0 Å². The number of thiol groups is 2. The second-order valence-electron chi connectivity index (χ2n) is 21.0. The van der Waals surface area contributed by atoms with Gasteiger partial charge in [-0.3, -0.25) is 48.5 Å². The van der Waals surface area contributed by atoms with Crippen LogP contribution in [-0.2, 0) is 47.7 Å². The van der Waals surface area contributed by atoms with E-state index in [2.05, 4.69) is 143 Å². The summed E-state index contributed by atoms with van der Waals surface area (Å²) in [5, 5.41) is 6.85. The van der Waals surface area contributed by atoms with E-state index in [-0.39, 0.29) is 44.6 Å². The second-order valence-corrected chi connectivity index (χ2v) is 21.9. The Bertz CT molecular complexity index is 1940. The molecule has 0 aromatic rings. The number of likely N-dealkylation sites (N-methyl/N-ethyl adjacent to an activating group) is 6. The van der Waals surface area contributed by atoms with Crippen LogP contribution >= 0.6 is 25.3 Å². The van der Waals surface area contributed by atoms with E-state index in [1.54, 1.807) is 0 Å². The van der Waals surface area contributed by atoms with Crippen LogP contribution in [0.1, 0.15) is 117 Å². The number of azide groups is 2. The Balaban J connectivity index is 0.00000124. The summed E-state index contributed by atoms with van der Waals surface area (Å²) in [5.41, 5.74) is 15.2. The van der Waals surface area contributed by atoms with Crippen LogP contribution in [0.4, 0.5) is 0 Å². The van der Waals surface area contributed by atoms with E-state index in [1.165, 1.54) is 6.92 Å².